The maximum absolute atomic E-state index is 5.29. The number of pyridine rings is 1. The van der Waals surface area contributed by atoms with E-state index in [4.69, 9.17) is 4.74 Å². The van der Waals surface area contributed by atoms with Crippen LogP contribution in [0.1, 0.15) is 29.7 Å². The van der Waals surface area contributed by atoms with Crippen LogP contribution >= 0.6 is 0 Å². The summed E-state index contributed by atoms with van der Waals surface area (Å²) in [6.07, 6.45) is 5.76. The van der Waals surface area contributed by atoms with Crippen LogP contribution in [0.5, 0.6) is 5.75 Å². The Labute approximate surface area is 121 Å². The number of methoxy groups -OCH3 is 1. The third kappa shape index (κ3) is 3.36. The van der Waals surface area contributed by atoms with Crippen LogP contribution in [0, 0.1) is 0 Å². The molecule has 1 heterocycles. The van der Waals surface area contributed by atoms with Gasteiger partial charge >= 0.3 is 0 Å². The second-order valence-electron chi connectivity index (χ2n) is 4.82. The summed E-state index contributed by atoms with van der Waals surface area (Å²) in [7, 11) is 3.71. The van der Waals surface area contributed by atoms with E-state index >= 15 is 0 Å². The summed E-state index contributed by atoms with van der Waals surface area (Å²) >= 11 is 0. The van der Waals surface area contributed by atoms with E-state index in [2.05, 4.69) is 35.4 Å². The quantitative estimate of drug-likeness (QED) is 0.875. The zero-order valence-corrected chi connectivity index (χ0v) is 12.4. The number of aryl methyl sites for hydroxylation is 1. The number of rotatable bonds is 6. The summed E-state index contributed by atoms with van der Waals surface area (Å²) in [5.74, 6) is 0.905. The molecule has 0 aliphatic rings. The van der Waals surface area contributed by atoms with Gasteiger partial charge in [-0.15, -0.1) is 0 Å². The summed E-state index contributed by atoms with van der Waals surface area (Å²) in [6, 6.07) is 10.6. The largest absolute Gasteiger partial charge is 0.497 e. The molecule has 2 aromatic rings. The highest BCUT2D eigenvalue weighted by atomic mass is 16.5. The topological polar surface area (TPSA) is 34.1 Å². The minimum atomic E-state index is 0.292. The van der Waals surface area contributed by atoms with Gasteiger partial charge in [-0.05, 0) is 54.8 Å². The first kappa shape index (κ1) is 14.5. The monoisotopic (exact) mass is 270 g/mol. The van der Waals surface area contributed by atoms with Gasteiger partial charge in [0.2, 0.25) is 0 Å². The van der Waals surface area contributed by atoms with Crippen LogP contribution in [0.15, 0.2) is 42.7 Å². The van der Waals surface area contributed by atoms with Gasteiger partial charge < -0.3 is 10.1 Å². The average Bonchev–Trinajstić information content (AvgIpc) is 2.52. The van der Waals surface area contributed by atoms with Crippen LogP contribution in [-0.2, 0) is 12.8 Å². The van der Waals surface area contributed by atoms with Crippen molar-refractivity contribution in [1.29, 1.82) is 0 Å². The van der Waals surface area contributed by atoms with Gasteiger partial charge in [0.25, 0.3) is 0 Å². The number of nitrogens with one attached hydrogen (secondary N) is 1. The summed E-state index contributed by atoms with van der Waals surface area (Å²) in [5, 5.41) is 3.41. The number of likely N-dealkylation sites (N-methyl/N-ethyl adjacent to an activating group) is 1. The lowest BCUT2D eigenvalue weighted by Gasteiger charge is -2.19. The van der Waals surface area contributed by atoms with Crippen LogP contribution in [-0.4, -0.2) is 19.1 Å². The van der Waals surface area contributed by atoms with Gasteiger partial charge in [0.05, 0.1) is 7.11 Å². The van der Waals surface area contributed by atoms with Gasteiger partial charge in [-0.25, -0.2) is 0 Å². The minimum absolute atomic E-state index is 0.292. The smallest absolute Gasteiger partial charge is 0.119 e. The van der Waals surface area contributed by atoms with Crippen molar-refractivity contribution in [3.63, 3.8) is 0 Å². The van der Waals surface area contributed by atoms with E-state index in [0.29, 0.717) is 6.04 Å². The molecule has 20 heavy (non-hydrogen) atoms. The molecule has 0 aliphatic heterocycles. The molecule has 1 unspecified atom stereocenters. The van der Waals surface area contributed by atoms with Crippen molar-refractivity contribution in [2.75, 3.05) is 14.2 Å². The van der Waals surface area contributed by atoms with Crippen LogP contribution in [0.3, 0.4) is 0 Å². The molecule has 1 aromatic carbocycles. The Morgan fingerprint density at radius 2 is 2.15 bits per heavy atom. The highest BCUT2D eigenvalue weighted by Crippen LogP contribution is 2.23. The fraction of sp³-hybridized carbons (Fsp3) is 0.353. The molecule has 0 fully saturated rings. The molecule has 1 aromatic heterocycles. The fourth-order valence-corrected chi connectivity index (χ4v) is 2.48. The number of aromatic nitrogens is 1. The van der Waals surface area contributed by atoms with Crippen molar-refractivity contribution in [2.24, 2.45) is 0 Å². The molecule has 3 heteroatoms. The predicted molar refractivity (Wildman–Crippen MR) is 82.1 cm³/mol. The van der Waals surface area contributed by atoms with Crippen molar-refractivity contribution in [1.82, 2.24) is 10.3 Å². The van der Waals surface area contributed by atoms with E-state index in [1.807, 2.05) is 31.6 Å². The highest BCUT2D eigenvalue weighted by Gasteiger charge is 2.13. The van der Waals surface area contributed by atoms with Gasteiger partial charge in [-0.1, -0.05) is 19.1 Å². The summed E-state index contributed by atoms with van der Waals surface area (Å²) in [4.78, 5) is 4.22. The second-order valence-corrected chi connectivity index (χ2v) is 4.82. The van der Waals surface area contributed by atoms with Crippen LogP contribution < -0.4 is 10.1 Å². The highest BCUT2D eigenvalue weighted by molar-refractivity contribution is 5.32. The van der Waals surface area contributed by atoms with E-state index < -0.39 is 0 Å². The van der Waals surface area contributed by atoms with Crippen molar-refractivity contribution < 1.29 is 4.74 Å². The summed E-state index contributed by atoms with van der Waals surface area (Å²) in [6.45, 7) is 2.17. The van der Waals surface area contributed by atoms with Crippen molar-refractivity contribution in [3.05, 3.63) is 59.4 Å². The van der Waals surface area contributed by atoms with Crippen molar-refractivity contribution >= 4 is 0 Å². The fourth-order valence-electron chi connectivity index (χ4n) is 2.48. The minimum Gasteiger partial charge on any atom is -0.497 e. The molecule has 1 N–H and O–H groups in total. The third-order valence-corrected chi connectivity index (χ3v) is 3.62. The lowest BCUT2D eigenvalue weighted by molar-refractivity contribution is 0.414. The Morgan fingerprint density at radius 3 is 2.85 bits per heavy atom. The van der Waals surface area contributed by atoms with E-state index in [0.717, 1.165) is 18.6 Å². The Morgan fingerprint density at radius 1 is 1.30 bits per heavy atom. The Kier molecular flexibility index (Phi) is 5.13. The number of benzene rings is 1. The number of nitrogens with zero attached hydrogens (tertiary/aromatic N) is 1. The van der Waals surface area contributed by atoms with Crippen molar-refractivity contribution in [2.45, 2.75) is 25.8 Å². The van der Waals surface area contributed by atoms with Crippen LogP contribution in [0.4, 0.5) is 0 Å². The molecule has 3 nitrogen and oxygen atoms in total. The standard InChI is InChI=1S/C17H22N2O/c1-4-14-12-19-9-8-16(14)17(18-2)11-13-6-5-7-15(10-13)20-3/h5-10,12,17-18H,4,11H2,1-3H3. The van der Waals surface area contributed by atoms with E-state index in [9.17, 15) is 0 Å². The molecule has 1 atom stereocenters. The molecule has 0 saturated carbocycles. The Hall–Kier alpha value is -1.87. The molecule has 0 amide bonds. The number of hydrogen-bond acceptors (Lipinski definition) is 3. The first-order chi connectivity index (χ1) is 9.78. The van der Waals surface area contributed by atoms with Gasteiger partial charge in [0.15, 0.2) is 0 Å². The van der Waals surface area contributed by atoms with Crippen LogP contribution in [0.2, 0.25) is 0 Å². The number of hydrogen-bond donors (Lipinski definition) is 1. The molecule has 2 rings (SSSR count). The maximum Gasteiger partial charge on any atom is 0.119 e. The van der Waals surface area contributed by atoms with Crippen LogP contribution in [0.25, 0.3) is 0 Å². The normalized spacial score (nSPS) is 12.2. The first-order valence-electron chi connectivity index (χ1n) is 7.01. The average molecular weight is 270 g/mol. The predicted octanol–water partition coefficient (Wildman–Crippen LogP) is 3.16. The molecule has 0 bridgehead atoms. The molecule has 0 saturated heterocycles. The van der Waals surface area contributed by atoms with E-state index in [1.165, 1.54) is 16.7 Å². The summed E-state index contributed by atoms with van der Waals surface area (Å²) in [5.41, 5.74) is 3.89. The number of ether oxygens (including phenoxy) is 1. The van der Waals surface area contributed by atoms with Crippen molar-refractivity contribution in [3.8, 4) is 5.75 Å². The first-order valence-corrected chi connectivity index (χ1v) is 7.01. The second kappa shape index (κ2) is 7.06. The third-order valence-electron chi connectivity index (χ3n) is 3.62. The molecule has 106 valence electrons. The SMILES string of the molecule is CCc1cnccc1C(Cc1cccc(OC)c1)NC. The summed E-state index contributed by atoms with van der Waals surface area (Å²) < 4.78 is 5.29. The van der Waals surface area contributed by atoms with E-state index in [1.54, 1.807) is 7.11 Å². The Balaban J connectivity index is 2.24. The van der Waals surface area contributed by atoms with E-state index in [-0.39, 0.29) is 0 Å². The van der Waals surface area contributed by atoms with Gasteiger partial charge in [-0.3, -0.25) is 4.98 Å². The molecule has 0 radical (unpaired) electrons. The molecular weight excluding hydrogens is 248 g/mol. The van der Waals surface area contributed by atoms with Gasteiger partial charge in [-0.2, -0.15) is 0 Å². The van der Waals surface area contributed by atoms with Gasteiger partial charge in [0, 0.05) is 18.4 Å². The lowest BCUT2D eigenvalue weighted by Crippen LogP contribution is -2.20. The Bertz CT molecular complexity index is 554. The molecule has 0 aliphatic carbocycles. The zero-order chi connectivity index (χ0) is 14.4. The van der Waals surface area contributed by atoms with Gasteiger partial charge in [0.1, 0.15) is 5.75 Å². The zero-order valence-electron chi connectivity index (χ0n) is 12.4. The molecular formula is C17H22N2O. The molecule has 0 spiro atoms. The lowest BCUT2D eigenvalue weighted by atomic mass is 9.95. The maximum atomic E-state index is 5.29.